The van der Waals surface area contributed by atoms with Crippen LogP contribution in [0.15, 0.2) is 102 Å². The quantitative estimate of drug-likeness (QED) is 0.138. The van der Waals surface area contributed by atoms with E-state index in [0.717, 1.165) is 21.6 Å². The Morgan fingerprint density at radius 3 is 1.97 bits per heavy atom. The smallest absolute Gasteiger partial charge is 0.417 e. The highest BCUT2D eigenvalue weighted by Crippen LogP contribution is 2.40. The standard InChI is InChI=1S/C46H56BrNO12/c1-29(2)41-45(3,4)60-44(52)48(41)42(51)33(24-30-16-9-6-10-17-30)37-34(50)25-36(47)46(53,59-37)22-15-23-55-40-39(57-28-32-20-13-8-14-21-32)38(35(26-49)58-43(40)54-5)56-27-31-18-11-7-12-19-31/h6-14,16-21,25,29,33,35,37-41,43,49,53H,15,22-24,26-28H2,1-5H3. The van der Waals surface area contributed by atoms with Crippen LogP contribution in [0.2, 0.25) is 0 Å². The summed E-state index contributed by atoms with van der Waals surface area (Å²) in [7, 11) is 1.48. The number of aliphatic hydroxyl groups is 2. The van der Waals surface area contributed by atoms with Crippen LogP contribution in [0.4, 0.5) is 4.79 Å². The van der Waals surface area contributed by atoms with Crippen molar-refractivity contribution >= 4 is 33.7 Å². The van der Waals surface area contributed by atoms with E-state index in [1.54, 1.807) is 13.8 Å². The van der Waals surface area contributed by atoms with Gasteiger partial charge in [0.05, 0.1) is 36.3 Å². The van der Waals surface area contributed by atoms with E-state index in [2.05, 4.69) is 15.9 Å². The fourth-order valence-corrected chi connectivity index (χ4v) is 8.92. The number of benzene rings is 3. The highest BCUT2D eigenvalue weighted by molar-refractivity contribution is 9.11. The molecular formula is C46H56BrNO12. The number of methoxy groups -OCH3 is 1. The molecule has 9 unspecified atom stereocenters. The molecule has 0 spiro atoms. The number of carbonyl (C=O) groups excluding carboxylic acids is 3. The van der Waals surface area contributed by atoms with Crippen molar-refractivity contribution in [2.24, 2.45) is 11.8 Å². The Balaban J connectivity index is 1.20. The topological polar surface area (TPSA) is 160 Å². The van der Waals surface area contributed by atoms with E-state index in [1.807, 2.05) is 105 Å². The third kappa shape index (κ3) is 10.6. The molecule has 14 heteroatoms. The molecule has 0 bridgehead atoms. The van der Waals surface area contributed by atoms with Gasteiger partial charge in [-0.05, 0) is 71.3 Å². The van der Waals surface area contributed by atoms with Gasteiger partial charge in [-0.25, -0.2) is 9.69 Å². The van der Waals surface area contributed by atoms with E-state index in [1.165, 1.54) is 13.2 Å². The van der Waals surface area contributed by atoms with Gasteiger partial charge in [0.1, 0.15) is 36.1 Å². The molecule has 2 saturated heterocycles. The van der Waals surface area contributed by atoms with Crippen LogP contribution in [-0.4, -0.2) is 107 Å². The van der Waals surface area contributed by atoms with Gasteiger partial charge >= 0.3 is 6.09 Å². The van der Waals surface area contributed by atoms with Crippen molar-refractivity contribution in [1.29, 1.82) is 0 Å². The number of ketones is 1. The van der Waals surface area contributed by atoms with Crippen LogP contribution in [0.25, 0.3) is 0 Å². The van der Waals surface area contributed by atoms with Crippen LogP contribution >= 0.6 is 15.9 Å². The minimum Gasteiger partial charge on any atom is -0.441 e. The fourth-order valence-electron chi connectivity index (χ4n) is 8.41. The van der Waals surface area contributed by atoms with Crippen LogP contribution in [0, 0.1) is 11.8 Å². The van der Waals surface area contributed by atoms with Crippen molar-refractivity contribution < 1.29 is 57.8 Å². The van der Waals surface area contributed by atoms with E-state index in [9.17, 15) is 24.6 Å². The SMILES string of the molecule is COC1OC(CO)C(OCc2ccccc2)C(OCc2ccccc2)C1OCCCC1(O)OC(C(Cc2ccccc2)C(=O)N2C(=O)OC(C)(C)C2C(C)C)C(=O)C=C1Br. The lowest BCUT2D eigenvalue weighted by Gasteiger charge is -2.45. The second-order valence-corrected chi connectivity index (χ2v) is 17.2. The third-order valence-corrected chi connectivity index (χ3v) is 12.0. The second-order valence-electron chi connectivity index (χ2n) is 16.3. The summed E-state index contributed by atoms with van der Waals surface area (Å²) in [6.07, 6.45) is -4.85. The number of amides is 2. The predicted molar refractivity (Wildman–Crippen MR) is 223 cm³/mol. The summed E-state index contributed by atoms with van der Waals surface area (Å²) in [5, 5.41) is 22.5. The average Bonchev–Trinajstić information content (AvgIpc) is 3.49. The van der Waals surface area contributed by atoms with Gasteiger partial charge in [-0.2, -0.15) is 0 Å². The Bertz CT molecular complexity index is 1910. The van der Waals surface area contributed by atoms with E-state index in [-0.39, 0.29) is 56.1 Å². The molecular weight excluding hydrogens is 838 g/mol. The highest BCUT2D eigenvalue weighted by Gasteiger charge is 2.56. The zero-order chi connectivity index (χ0) is 43.0. The molecule has 13 nitrogen and oxygen atoms in total. The Kier molecular flexibility index (Phi) is 15.5. The van der Waals surface area contributed by atoms with Crippen LogP contribution in [0.3, 0.4) is 0 Å². The minimum atomic E-state index is -2.03. The average molecular weight is 895 g/mol. The Hall–Kier alpha value is -3.83. The molecule has 3 aromatic carbocycles. The van der Waals surface area contributed by atoms with Gasteiger partial charge < -0.3 is 43.4 Å². The summed E-state index contributed by atoms with van der Waals surface area (Å²) in [5.41, 5.74) is 1.62. The molecule has 324 valence electrons. The highest BCUT2D eigenvalue weighted by atomic mass is 79.9. The molecule has 2 fully saturated rings. The lowest BCUT2D eigenvalue weighted by molar-refractivity contribution is -0.320. The van der Waals surface area contributed by atoms with Crippen molar-refractivity contribution in [3.63, 3.8) is 0 Å². The second kappa shape index (κ2) is 20.4. The summed E-state index contributed by atoms with van der Waals surface area (Å²) in [6.45, 7) is 7.46. The number of hydrogen-bond acceptors (Lipinski definition) is 12. The lowest BCUT2D eigenvalue weighted by atomic mass is 9.85. The van der Waals surface area contributed by atoms with Gasteiger partial charge in [0.2, 0.25) is 5.91 Å². The molecule has 3 heterocycles. The molecule has 0 radical (unpaired) electrons. The van der Waals surface area contributed by atoms with Crippen molar-refractivity contribution in [1.82, 2.24) is 4.90 Å². The molecule has 0 aromatic heterocycles. The number of carbonyl (C=O) groups is 3. The molecule has 0 saturated carbocycles. The first-order chi connectivity index (χ1) is 28.8. The lowest BCUT2D eigenvalue weighted by Crippen LogP contribution is -2.61. The number of halogens is 1. The predicted octanol–water partition coefficient (Wildman–Crippen LogP) is 6.26. The zero-order valence-electron chi connectivity index (χ0n) is 34.7. The van der Waals surface area contributed by atoms with Crippen LogP contribution in [0.1, 0.15) is 57.2 Å². The number of hydrogen-bond donors (Lipinski definition) is 2. The first-order valence-corrected chi connectivity index (χ1v) is 21.2. The van der Waals surface area contributed by atoms with Gasteiger partial charge in [0, 0.05) is 20.1 Å². The van der Waals surface area contributed by atoms with E-state index >= 15 is 0 Å². The van der Waals surface area contributed by atoms with Gasteiger partial charge in [0.25, 0.3) is 0 Å². The number of rotatable bonds is 18. The third-order valence-electron chi connectivity index (χ3n) is 11.2. The maximum absolute atomic E-state index is 14.6. The largest absolute Gasteiger partial charge is 0.441 e. The maximum Gasteiger partial charge on any atom is 0.417 e. The van der Waals surface area contributed by atoms with E-state index in [4.69, 9.17) is 33.2 Å². The maximum atomic E-state index is 14.6. The minimum absolute atomic E-state index is 0.0516. The van der Waals surface area contributed by atoms with Crippen molar-refractivity contribution in [2.75, 3.05) is 20.3 Å². The number of aliphatic hydroxyl groups excluding tert-OH is 1. The summed E-state index contributed by atoms with van der Waals surface area (Å²) in [4.78, 5) is 42.8. The Morgan fingerprint density at radius 1 is 0.850 bits per heavy atom. The molecule has 60 heavy (non-hydrogen) atoms. The molecule has 2 amide bonds. The molecule has 0 aliphatic carbocycles. The molecule has 6 rings (SSSR count). The Morgan fingerprint density at radius 2 is 1.42 bits per heavy atom. The summed E-state index contributed by atoms with van der Waals surface area (Å²) in [5.74, 6) is -4.53. The van der Waals surface area contributed by atoms with Gasteiger partial charge in [-0.3, -0.25) is 9.59 Å². The summed E-state index contributed by atoms with van der Waals surface area (Å²) >= 11 is 3.37. The normalized spacial score (nSPS) is 28.4. The van der Waals surface area contributed by atoms with Crippen molar-refractivity contribution in [2.45, 2.75) is 114 Å². The molecule has 2 N–H and O–H groups in total. The molecule has 3 aliphatic rings. The summed E-state index contributed by atoms with van der Waals surface area (Å²) in [6, 6.07) is 27.8. The number of cyclic esters (lactones) is 1. The van der Waals surface area contributed by atoms with Crippen LogP contribution in [-0.2, 0) is 62.4 Å². The molecule has 9 atom stereocenters. The number of nitrogens with zero attached hydrogens (tertiary/aromatic N) is 1. The zero-order valence-corrected chi connectivity index (χ0v) is 36.3. The van der Waals surface area contributed by atoms with Crippen LogP contribution in [0.5, 0.6) is 0 Å². The van der Waals surface area contributed by atoms with Gasteiger partial charge in [-0.1, -0.05) is 105 Å². The number of ether oxygens (including phenoxy) is 7. The molecule has 3 aromatic rings. The summed E-state index contributed by atoms with van der Waals surface area (Å²) < 4.78 is 43.3. The van der Waals surface area contributed by atoms with E-state index in [0.29, 0.717) is 0 Å². The first kappa shape index (κ1) is 45.7. The van der Waals surface area contributed by atoms with Gasteiger partial charge in [-0.15, -0.1) is 0 Å². The van der Waals surface area contributed by atoms with Gasteiger partial charge in [0.15, 0.2) is 17.9 Å². The van der Waals surface area contributed by atoms with E-state index < -0.39 is 77.9 Å². The van der Waals surface area contributed by atoms with Crippen LogP contribution < -0.4 is 0 Å². The van der Waals surface area contributed by atoms with Crippen molar-refractivity contribution in [3.05, 3.63) is 118 Å². The first-order valence-electron chi connectivity index (χ1n) is 20.4. The Labute approximate surface area is 360 Å². The molecule has 3 aliphatic heterocycles. The van der Waals surface area contributed by atoms with Crippen molar-refractivity contribution in [3.8, 4) is 0 Å². The monoisotopic (exact) mass is 893 g/mol. The number of imide groups is 1. The fraction of sp³-hybridized carbons (Fsp3) is 0.500.